The zero-order chi connectivity index (χ0) is 14.3. The topological polar surface area (TPSA) is 51.8 Å². The van der Waals surface area contributed by atoms with Gasteiger partial charge in [-0.05, 0) is 30.3 Å². The number of benzene rings is 2. The average Bonchev–Trinajstić information content (AvgIpc) is 2.42. The zero-order valence-corrected chi connectivity index (χ0v) is 10.1. The van der Waals surface area contributed by atoms with Crippen LogP contribution in [0.5, 0.6) is 0 Å². The third-order valence-corrected chi connectivity index (χ3v) is 2.88. The molecule has 0 atom stereocenters. The molecule has 0 fully saturated rings. The Kier molecular flexibility index (Phi) is 2.78. The molecule has 0 saturated carbocycles. The van der Waals surface area contributed by atoms with Crippen molar-refractivity contribution in [3.8, 4) is 11.4 Å². The number of hydrogen-bond acceptors (Lipinski definition) is 3. The van der Waals surface area contributed by atoms with E-state index in [1.54, 1.807) is 0 Å². The van der Waals surface area contributed by atoms with Crippen molar-refractivity contribution in [1.29, 1.82) is 0 Å². The van der Waals surface area contributed by atoms with Crippen LogP contribution in [0.3, 0.4) is 0 Å². The van der Waals surface area contributed by atoms with Gasteiger partial charge >= 0.3 is 0 Å². The quantitative estimate of drug-likeness (QED) is 0.741. The molecule has 1 aromatic heterocycles. The van der Waals surface area contributed by atoms with Crippen LogP contribution in [-0.4, -0.2) is 9.97 Å². The van der Waals surface area contributed by atoms with Crippen LogP contribution < -0.4 is 5.73 Å². The van der Waals surface area contributed by atoms with Crippen molar-refractivity contribution in [3.63, 3.8) is 0 Å². The largest absolute Gasteiger partial charge is 0.383 e. The second kappa shape index (κ2) is 4.48. The highest BCUT2D eigenvalue weighted by atomic mass is 19.2. The maximum absolute atomic E-state index is 13.7. The van der Waals surface area contributed by atoms with Crippen LogP contribution in [0.2, 0.25) is 0 Å². The summed E-state index contributed by atoms with van der Waals surface area (Å²) in [6, 6.07) is 7.50. The molecule has 20 heavy (non-hydrogen) atoms. The lowest BCUT2D eigenvalue weighted by molar-refractivity contribution is 0.510. The predicted molar refractivity (Wildman–Crippen MR) is 69.3 cm³/mol. The van der Waals surface area contributed by atoms with E-state index >= 15 is 0 Å². The summed E-state index contributed by atoms with van der Waals surface area (Å²) in [5.74, 6) is -2.55. The van der Waals surface area contributed by atoms with Crippen molar-refractivity contribution in [2.75, 3.05) is 5.73 Å². The molecule has 0 spiro atoms. The predicted octanol–water partition coefficient (Wildman–Crippen LogP) is 3.30. The van der Waals surface area contributed by atoms with Crippen LogP contribution in [0.1, 0.15) is 0 Å². The zero-order valence-electron chi connectivity index (χ0n) is 10.1. The van der Waals surface area contributed by atoms with E-state index in [-0.39, 0.29) is 17.2 Å². The minimum Gasteiger partial charge on any atom is -0.383 e. The second-order valence-electron chi connectivity index (χ2n) is 4.20. The van der Waals surface area contributed by atoms with E-state index in [9.17, 15) is 13.2 Å². The molecule has 0 aliphatic carbocycles. The number of rotatable bonds is 1. The molecule has 0 saturated heterocycles. The highest BCUT2D eigenvalue weighted by Gasteiger charge is 2.14. The van der Waals surface area contributed by atoms with Gasteiger partial charge in [-0.2, -0.15) is 0 Å². The van der Waals surface area contributed by atoms with Crippen LogP contribution in [0.15, 0.2) is 36.4 Å². The SMILES string of the molecule is Nc1nc(-c2cccc(F)c2F)nc2ccc(F)cc12. The number of nitrogen functional groups attached to an aromatic ring is 1. The van der Waals surface area contributed by atoms with Gasteiger partial charge in [0.25, 0.3) is 0 Å². The number of nitrogens with zero attached hydrogens (tertiary/aromatic N) is 2. The van der Waals surface area contributed by atoms with E-state index in [1.807, 2.05) is 0 Å². The first kappa shape index (κ1) is 12.4. The summed E-state index contributed by atoms with van der Waals surface area (Å²) in [6.07, 6.45) is 0. The second-order valence-corrected chi connectivity index (χ2v) is 4.20. The van der Waals surface area contributed by atoms with E-state index in [4.69, 9.17) is 5.73 Å². The summed E-state index contributed by atoms with van der Waals surface area (Å²) in [4.78, 5) is 7.99. The van der Waals surface area contributed by atoms with E-state index in [0.29, 0.717) is 10.9 Å². The van der Waals surface area contributed by atoms with Gasteiger partial charge in [-0.1, -0.05) is 6.07 Å². The van der Waals surface area contributed by atoms with Crippen molar-refractivity contribution < 1.29 is 13.2 Å². The van der Waals surface area contributed by atoms with Crippen LogP contribution in [0, 0.1) is 17.5 Å². The Morgan fingerprint density at radius 3 is 2.55 bits per heavy atom. The lowest BCUT2D eigenvalue weighted by Crippen LogP contribution is -2.00. The molecule has 0 aliphatic heterocycles. The van der Waals surface area contributed by atoms with Gasteiger partial charge in [0.15, 0.2) is 17.5 Å². The highest BCUT2D eigenvalue weighted by Crippen LogP contribution is 2.26. The Morgan fingerprint density at radius 1 is 0.950 bits per heavy atom. The minimum atomic E-state index is -1.05. The number of halogens is 3. The molecule has 0 unspecified atom stereocenters. The summed E-state index contributed by atoms with van der Waals surface area (Å²) in [7, 11) is 0. The lowest BCUT2D eigenvalue weighted by atomic mass is 10.1. The highest BCUT2D eigenvalue weighted by molar-refractivity contribution is 5.89. The van der Waals surface area contributed by atoms with E-state index in [0.717, 1.165) is 6.07 Å². The van der Waals surface area contributed by atoms with Crippen LogP contribution in [0.25, 0.3) is 22.3 Å². The minimum absolute atomic E-state index is 0.00756. The van der Waals surface area contributed by atoms with Gasteiger partial charge in [0.2, 0.25) is 0 Å². The normalized spacial score (nSPS) is 10.9. The Balaban J connectivity index is 2.28. The molecule has 0 amide bonds. The van der Waals surface area contributed by atoms with Crippen molar-refractivity contribution in [2.24, 2.45) is 0 Å². The van der Waals surface area contributed by atoms with Crippen molar-refractivity contribution in [3.05, 3.63) is 53.8 Å². The molecule has 100 valence electrons. The van der Waals surface area contributed by atoms with Crippen LogP contribution >= 0.6 is 0 Å². The fourth-order valence-electron chi connectivity index (χ4n) is 1.92. The van der Waals surface area contributed by atoms with Gasteiger partial charge < -0.3 is 5.73 Å². The molecule has 0 radical (unpaired) electrons. The van der Waals surface area contributed by atoms with Crippen LogP contribution in [-0.2, 0) is 0 Å². The van der Waals surface area contributed by atoms with Gasteiger partial charge in [0.05, 0.1) is 11.1 Å². The third-order valence-electron chi connectivity index (χ3n) is 2.88. The summed E-state index contributed by atoms with van der Waals surface area (Å²) in [5.41, 5.74) is 5.98. The first-order valence-corrected chi connectivity index (χ1v) is 5.73. The van der Waals surface area contributed by atoms with Crippen LogP contribution in [0.4, 0.5) is 19.0 Å². The molecular weight excluding hydrogens is 267 g/mol. The third kappa shape index (κ3) is 1.95. The van der Waals surface area contributed by atoms with Crippen molar-refractivity contribution in [1.82, 2.24) is 9.97 Å². The smallest absolute Gasteiger partial charge is 0.169 e. The Hall–Kier alpha value is -2.63. The van der Waals surface area contributed by atoms with Gasteiger partial charge in [-0.3, -0.25) is 0 Å². The molecule has 2 N–H and O–H groups in total. The standard InChI is InChI=1S/C14H8F3N3/c15-7-4-5-11-9(6-7)13(18)20-14(19-11)8-2-1-3-10(16)12(8)17/h1-6H,(H2,18,19,20). The molecule has 3 aromatic rings. The fraction of sp³-hybridized carbons (Fsp3) is 0. The van der Waals surface area contributed by atoms with E-state index in [2.05, 4.69) is 9.97 Å². The molecule has 3 rings (SSSR count). The number of anilines is 1. The monoisotopic (exact) mass is 275 g/mol. The molecule has 1 heterocycles. The average molecular weight is 275 g/mol. The first-order chi connectivity index (χ1) is 9.56. The Bertz CT molecular complexity index is 818. The fourth-order valence-corrected chi connectivity index (χ4v) is 1.92. The Labute approximate surface area is 111 Å². The van der Waals surface area contributed by atoms with Gasteiger partial charge in [-0.15, -0.1) is 0 Å². The molecule has 0 bridgehead atoms. The number of fused-ring (bicyclic) bond motifs is 1. The molecular formula is C14H8F3N3. The maximum Gasteiger partial charge on any atom is 0.169 e. The summed E-state index contributed by atoms with van der Waals surface area (Å²) < 4.78 is 40.1. The maximum atomic E-state index is 13.7. The molecule has 2 aromatic carbocycles. The van der Waals surface area contributed by atoms with E-state index in [1.165, 1.54) is 30.3 Å². The van der Waals surface area contributed by atoms with Gasteiger partial charge in [-0.25, -0.2) is 23.1 Å². The number of nitrogens with two attached hydrogens (primary N) is 1. The summed E-state index contributed by atoms with van der Waals surface area (Å²) in [5, 5.41) is 0.325. The first-order valence-electron chi connectivity index (χ1n) is 5.73. The molecule has 3 nitrogen and oxygen atoms in total. The summed E-state index contributed by atoms with van der Waals surface area (Å²) >= 11 is 0. The van der Waals surface area contributed by atoms with E-state index < -0.39 is 17.5 Å². The van der Waals surface area contributed by atoms with Crippen molar-refractivity contribution in [2.45, 2.75) is 0 Å². The lowest BCUT2D eigenvalue weighted by Gasteiger charge is -2.06. The molecule has 0 aliphatic rings. The van der Waals surface area contributed by atoms with Gasteiger partial charge in [0.1, 0.15) is 11.6 Å². The molecule has 6 heteroatoms. The van der Waals surface area contributed by atoms with Crippen molar-refractivity contribution >= 4 is 16.7 Å². The van der Waals surface area contributed by atoms with Gasteiger partial charge in [0, 0.05) is 5.39 Å². The number of hydrogen-bond donors (Lipinski definition) is 1. The Morgan fingerprint density at radius 2 is 1.75 bits per heavy atom. The number of aromatic nitrogens is 2. The summed E-state index contributed by atoms with van der Waals surface area (Å²) in [6.45, 7) is 0.